The minimum atomic E-state index is -0.523. The van der Waals surface area contributed by atoms with Gasteiger partial charge in [0.05, 0.1) is 12.2 Å². The molecule has 0 bridgehead atoms. The Balaban J connectivity index is 1.58. The van der Waals surface area contributed by atoms with Crippen molar-refractivity contribution in [1.82, 2.24) is 0 Å². The van der Waals surface area contributed by atoms with Crippen LogP contribution < -0.4 is 14.2 Å². The molecule has 31 heavy (non-hydrogen) atoms. The Bertz CT molecular complexity index is 1100. The lowest BCUT2D eigenvalue weighted by Gasteiger charge is -2.20. The van der Waals surface area contributed by atoms with Crippen LogP contribution in [0, 0.1) is 6.92 Å². The highest BCUT2D eigenvalue weighted by molar-refractivity contribution is 6.31. The highest BCUT2D eigenvalue weighted by atomic mass is 35.5. The topological polar surface area (TPSA) is 80.3 Å². The van der Waals surface area contributed by atoms with Gasteiger partial charge in [0.1, 0.15) is 23.9 Å². The van der Waals surface area contributed by atoms with Crippen molar-refractivity contribution in [3.05, 3.63) is 70.0 Å². The first-order valence-corrected chi connectivity index (χ1v) is 9.85. The number of aryl methyl sites for hydroxylation is 1. The molecule has 2 aliphatic rings. The number of Topliss-reactive ketones (excluding diaryl/α,β-unsaturated/α-hetero) is 1. The molecule has 0 spiro atoms. The van der Waals surface area contributed by atoms with Gasteiger partial charge in [0.2, 0.25) is 5.78 Å². The molecule has 0 atom stereocenters. The highest BCUT2D eigenvalue weighted by Gasteiger charge is 2.31. The second kappa shape index (κ2) is 8.83. The Morgan fingerprint density at radius 1 is 1.29 bits per heavy atom. The molecule has 0 radical (unpaired) electrons. The minimum Gasteiger partial charge on any atom is -0.482 e. The van der Waals surface area contributed by atoms with Gasteiger partial charge in [0, 0.05) is 22.2 Å². The van der Waals surface area contributed by atoms with Gasteiger partial charge in [-0.05, 0) is 36.8 Å². The van der Waals surface area contributed by atoms with Gasteiger partial charge in [-0.25, -0.2) is 4.79 Å². The summed E-state index contributed by atoms with van der Waals surface area (Å²) in [5.74, 6) is 0.706. The van der Waals surface area contributed by atoms with Gasteiger partial charge >= 0.3 is 5.97 Å². The number of carbonyl (C=O) groups is 2. The lowest BCUT2D eigenvalue weighted by Crippen LogP contribution is -2.14. The smallest absolute Gasteiger partial charge is 0.344 e. The third kappa shape index (κ3) is 4.42. The molecule has 2 heterocycles. The minimum absolute atomic E-state index is 0.111. The maximum Gasteiger partial charge on any atom is 0.344 e. The lowest BCUT2D eigenvalue weighted by atomic mass is 10.0. The van der Waals surface area contributed by atoms with Crippen molar-refractivity contribution in [1.29, 1.82) is 0 Å². The predicted molar refractivity (Wildman–Crippen MR) is 113 cm³/mol. The second-order valence-corrected chi connectivity index (χ2v) is 7.34. The van der Waals surface area contributed by atoms with Crippen LogP contribution in [0.4, 0.5) is 0 Å². The number of hydrogen-bond acceptors (Lipinski definition) is 7. The average molecular weight is 443 g/mol. The average Bonchev–Trinajstić information content (AvgIpc) is 3.06. The molecule has 0 amide bonds. The van der Waals surface area contributed by atoms with Gasteiger partial charge in [0.25, 0.3) is 0 Å². The van der Waals surface area contributed by atoms with E-state index in [1.807, 2.05) is 0 Å². The van der Waals surface area contributed by atoms with Gasteiger partial charge in [-0.3, -0.25) is 4.79 Å². The number of esters is 1. The molecule has 8 heteroatoms. The molecule has 0 aromatic heterocycles. The fourth-order valence-corrected chi connectivity index (χ4v) is 3.60. The van der Waals surface area contributed by atoms with Crippen molar-refractivity contribution in [2.75, 3.05) is 20.0 Å². The van der Waals surface area contributed by atoms with E-state index in [0.29, 0.717) is 45.6 Å². The number of carbonyl (C=O) groups excluding carboxylic acids is 2. The third-order valence-electron chi connectivity index (χ3n) is 4.65. The molecule has 2 aromatic carbocycles. The monoisotopic (exact) mass is 442 g/mol. The van der Waals surface area contributed by atoms with E-state index in [1.54, 1.807) is 37.3 Å². The van der Waals surface area contributed by atoms with Gasteiger partial charge in [-0.15, -0.1) is 0 Å². The SMILES string of the molecule is C=CCOC(=O)COc1cc(C)c2c(c1)O/C(=C\c1cc(Cl)cc3c1OCOC3)C2=O. The molecule has 2 aliphatic heterocycles. The number of ketones is 1. The summed E-state index contributed by atoms with van der Waals surface area (Å²) >= 11 is 6.20. The summed E-state index contributed by atoms with van der Waals surface area (Å²) in [6, 6.07) is 6.71. The van der Waals surface area contributed by atoms with Crippen molar-refractivity contribution in [2.45, 2.75) is 13.5 Å². The highest BCUT2D eigenvalue weighted by Crippen LogP contribution is 2.39. The zero-order chi connectivity index (χ0) is 22.0. The normalized spacial score (nSPS) is 15.5. The third-order valence-corrected chi connectivity index (χ3v) is 4.87. The molecule has 0 saturated carbocycles. The summed E-state index contributed by atoms with van der Waals surface area (Å²) < 4.78 is 27.1. The number of halogens is 1. The molecule has 0 fully saturated rings. The maximum atomic E-state index is 13.0. The van der Waals surface area contributed by atoms with Crippen molar-refractivity contribution in [2.24, 2.45) is 0 Å². The molecule has 160 valence electrons. The fourth-order valence-electron chi connectivity index (χ4n) is 3.35. The van der Waals surface area contributed by atoms with Crippen molar-refractivity contribution in [3.8, 4) is 17.2 Å². The molecule has 7 nitrogen and oxygen atoms in total. The fraction of sp³-hybridized carbons (Fsp3) is 0.217. The van der Waals surface area contributed by atoms with E-state index in [9.17, 15) is 9.59 Å². The van der Waals surface area contributed by atoms with Gasteiger partial charge in [-0.2, -0.15) is 0 Å². The Morgan fingerprint density at radius 2 is 2.13 bits per heavy atom. The molecular formula is C23H19ClO7. The molecule has 0 unspecified atom stereocenters. The van der Waals surface area contributed by atoms with E-state index in [2.05, 4.69) is 6.58 Å². The number of fused-ring (bicyclic) bond motifs is 2. The zero-order valence-corrected chi connectivity index (χ0v) is 17.5. The van der Waals surface area contributed by atoms with Crippen LogP contribution in [0.2, 0.25) is 5.02 Å². The Morgan fingerprint density at radius 3 is 2.94 bits per heavy atom. The van der Waals surface area contributed by atoms with E-state index in [1.165, 1.54) is 6.08 Å². The molecule has 0 aliphatic carbocycles. The number of ether oxygens (including phenoxy) is 5. The zero-order valence-electron chi connectivity index (χ0n) is 16.7. The Kier molecular flexibility index (Phi) is 5.97. The second-order valence-electron chi connectivity index (χ2n) is 6.91. The first-order valence-electron chi connectivity index (χ1n) is 9.47. The van der Waals surface area contributed by atoms with Crippen LogP contribution in [-0.2, 0) is 20.9 Å². The summed E-state index contributed by atoms with van der Waals surface area (Å²) in [5.41, 5.74) is 2.52. The van der Waals surface area contributed by atoms with Crippen LogP contribution in [0.25, 0.3) is 6.08 Å². The summed E-state index contributed by atoms with van der Waals surface area (Å²) in [7, 11) is 0. The molecule has 4 rings (SSSR count). The quantitative estimate of drug-likeness (QED) is 0.376. The maximum absolute atomic E-state index is 13.0. The van der Waals surface area contributed by atoms with E-state index in [0.717, 1.165) is 5.56 Å². The van der Waals surface area contributed by atoms with Crippen LogP contribution in [-0.4, -0.2) is 31.8 Å². The van der Waals surface area contributed by atoms with Crippen LogP contribution in [0.3, 0.4) is 0 Å². The number of rotatable bonds is 6. The summed E-state index contributed by atoms with van der Waals surface area (Å²) in [5, 5.41) is 0.498. The van der Waals surface area contributed by atoms with Gasteiger partial charge in [0.15, 0.2) is 19.2 Å². The largest absolute Gasteiger partial charge is 0.482 e. The number of benzene rings is 2. The first kappa shape index (κ1) is 21.0. The number of allylic oxidation sites excluding steroid dienone is 1. The van der Waals surface area contributed by atoms with E-state index in [-0.39, 0.29) is 31.5 Å². The summed E-state index contributed by atoms with van der Waals surface area (Å²) in [6.45, 7) is 5.59. The van der Waals surface area contributed by atoms with Crippen LogP contribution in [0.5, 0.6) is 17.2 Å². The van der Waals surface area contributed by atoms with Gasteiger partial charge in [-0.1, -0.05) is 24.3 Å². The number of hydrogen-bond donors (Lipinski definition) is 0. The molecule has 0 saturated heterocycles. The molecule has 0 N–H and O–H groups in total. The van der Waals surface area contributed by atoms with Crippen molar-refractivity contribution >= 4 is 29.4 Å². The summed E-state index contributed by atoms with van der Waals surface area (Å²) in [6.07, 6.45) is 3.07. The first-order chi connectivity index (χ1) is 15.0. The predicted octanol–water partition coefficient (Wildman–Crippen LogP) is 4.24. The van der Waals surface area contributed by atoms with Crippen LogP contribution in [0.15, 0.2) is 42.7 Å². The molecule has 2 aromatic rings. The Labute approximate surface area is 183 Å². The van der Waals surface area contributed by atoms with Crippen LogP contribution in [0.1, 0.15) is 27.0 Å². The van der Waals surface area contributed by atoms with Crippen LogP contribution >= 0.6 is 11.6 Å². The summed E-state index contributed by atoms with van der Waals surface area (Å²) in [4.78, 5) is 24.6. The lowest BCUT2D eigenvalue weighted by molar-refractivity contribution is -0.144. The van der Waals surface area contributed by atoms with Crippen molar-refractivity contribution in [3.63, 3.8) is 0 Å². The van der Waals surface area contributed by atoms with Gasteiger partial charge < -0.3 is 23.7 Å². The molecular weight excluding hydrogens is 424 g/mol. The van der Waals surface area contributed by atoms with E-state index in [4.69, 9.17) is 35.3 Å². The Hall–Kier alpha value is -3.29. The van der Waals surface area contributed by atoms with E-state index < -0.39 is 5.97 Å². The van der Waals surface area contributed by atoms with E-state index >= 15 is 0 Å². The standard InChI is InChI=1S/C23H19ClO7/c1-3-4-28-20(25)11-29-17-5-13(2)21-18(9-17)31-19(22(21)26)8-14-6-16(24)7-15-10-27-12-30-23(14)15/h3,5-9H,1,4,10-12H2,2H3/b19-8-. The van der Waals surface area contributed by atoms with Crippen molar-refractivity contribution < 1.29 is 33.3 Å².